The molecule has 3 amide bonds. The van der Waals surface area contributed by atoms with Crippen molar-refractivity contribution in [2.75, 3.05) is 18.4 Å². The number of amides is 3. The van der Waals surface area contributed by atoms with Crippen LogP contribution in [-0.4, -0.2) is 29.9 Å². The molecule has 0 aliphatic carbocycles. The van der Waals surface area contributed by atoms with Crippen LogP contribution >= 0.6 is 0 Å². The topological polar surface area (TPSA) is 75.4 Å². The molecule has 1 heterocycles. The molecule has 0 spiro atoms. The molecule has 6 heteroatoms. The van der Waals surface area contributed by atoms with Crippen molar-refractivity contribution in [2.45, 2.75) is 26.2 Å². The van der Waals surface area contributed by atoms with Crippen molar-refractivity contribution in [3.63, 3.8) is 0 Å². The van der Waals surface area contributed by atoms with Gasteiger partial charge in [0, 0.05) is 18.8 Å². The standard InChI is InChI=1S/C21H24FN3O2/c1-2-21(19(23)26)11-4-12-25(14-21)20(27)24-18-6-3-5-16(13-18)15-7-9-17(22)10-8-15/h3,5-10,13H,2,4,11-12,14H2,1H3,(H2,23,26)(H,24,27)/t21-/m1/s1. The Hall–Kier alpha value is -2.89. The van der Waals surface area contributed by atoms with E-state index in [2.05, 4.69) is 5.32 Å². The Morgan fingerprint density at radius 3 is 2.59 bits per heavy atom. The highest BCUT2D eigenvalue weighted by molar-refractivity contribution is 5.91. The van der Waals surface area contributed by atoms with E-state index in [0.717, 1.165) is 17.5 Å². The average molecular weight is 369 g/mol. The van der Waals surface area contributed by atoms with Crippen molar-refractivity contribution in [1.82, 2.24) is 4.90 Å². The summed E-state index contributed by atoms with van der Waals surface area (Å²) in [6.45, 7) is 2.86. The van der Waals surface area contributed by atoms with Crippen molar-refractivity contribution in [1.29, 1.82) is 0 Å². The molecule has 1 fully saturated rings. The number of rotatable bonds is 4. The number of anilines is 1. The molecule has 0 saturated carbocycles. The molecule has 0 unspecified atom stereocenters. The van der Waals surface area contributed by atoms with Gasteiger partial charge in [0.1, 0.15) is 5.82 Å². The molecule has 1 atom stereocenters. The highest BCUT2D eigenvalue weighted by atomic mass is 19.1. The van der Waals surface area contributed by atoms with Gasteiger partial charge in [-0.2, -0.15) is 0 Å². The number of halogens is 1. The van der Waals surface area contributed by atoms with Crippen molar-refractivity contribution in [3.8, 4) is 11.1 Å². The SMILES string of the molecule is CC[C@@]1(C(N)=O)CCCN(C(=O)Nc2cccc(-c3ccc(F)cc3)c2)C1. The van der Waals surface area contributed by atoms with Crippen molar-refractivity contribution in [2.24, 2.45) is 11.1 Å². The predicted octanol–water partition coefficient (Wildman–Crippen LogP) is 4.00. The van der Waals surface area contributed by atoms with Crippen LogP contribution < -0.4 is 11.1 Å². The average Bonchev–Trinajstić information content (AvgIpc) is 2.68. The lowest BCUT2D eigenvalue weighted by Crippen LogP contribution is -2.52. The molecule has 3 N–H and O–H groups in total. The number of benzene rings is 2. The zero-order valence-electron chi connectivity index (χ0n) is 15.4. The first-order chi connectivity index (χ1) is 12.9. The fraction of sp³-hybridized carbons (Fsp3) is 0.333. The molecule has 2 aromatic carbocycles. The van der Waals surface area contributed by atoms with Crippen molar-refractivity contribution in [3.05, 3.63) is 54.3 Å². The van der Waals surface area contributed by atoms with Gasteiger partial charge in [-0.1, -0.05) is 31.2 Å². The minimum atomic E-state index is -0.647. The predicted molar refractivity (Wildman–Crippen MR) is 104 cm³/mol. The molecule has 0 radical (unpaired) electrons. The summed E-state index contributed by atoms with van der Waals surface area (Å²) < 4.78 is 13.1. The summed E-state index contributed by atoms with van der Waals surface area (Å²) in [5.41, 5.74) is 7.34. The van der Waals surface area contributed by atoms with Crippen LogP contribution in [0, 0.1) is 11.2 Å². The molecular weight excluding hydrogens is 345 g/mol. The molecule has 0 bridgehead atoms. The zero-order valence-corrected chi connectivity index (χ0v) is 15.4. The first kappa shape index (κ1) is 18.9. The highest BCUT2D eigenvalue weighted by Gasteiger charge is 2.40. The van der Waals surface area contributed by atoms with E-state index >= 15 is 0 Å². The van der Waals surface area contributed by atoms with Crippen molar-refractivity contribution >= 4 is 17.6 Å². The Morgan fingerprint density at radius 1 is 1.19 bits per heavy atom. The lowest BCUT2D eigenvalue weighted by atomic mass is 9.77. The van der Waals surface area contributed by atoms with Gasteiger partial charge in [0.15, 0.2) is 0 Å². The molecule has 3 rings (SSSR count). The summed E-state index contributed by atoms with van der Waals surface area (Å²) in [4.78, 5) is 26.3. The van der Waals surface area contributed by atoms with Gasteiger partial charge in [-0.15, -0.1) is 0 Å². The summed E-state index contributed by atoms with van der Waals surface area (Å²) >= 11 is 0. The van der Waals surface area contributed by atoms with E-state index in [1.165, 1.54) is 12.1 Å². The maximum atomic E-state index is 13.1. The van der Waals surface area contributed by atoms with Crippen molar-refractivity contribution < 1.29 is 14.0 Å². The van der Waals surface area contributed by atoms with E-state index in [-0.39, 0.29) is 17.8 Å². The van der Waals surface area contributed by atoms with Crippen LogP contribution in [0.1, 0.15) is 26.2 Å². The second-order valence-electron chi connectivity index (χ2n) is 7.04. The molecule has 2 aromatic rings. The largest absolute Gasteiger partial charge is 0.369 e. The molecule has 1 saturated heterocycles. The molecule has 5 nitrogen and oxygen atoms in total. The molecule has 27 heavy (non-hydrogen) atoms. The number of piperidine rings is 1. The van der Waals surface area contributed by atoms with Crippen LogP contribution in [-0.2, 0) is 4.79 Å². The van der Waals surface area contributed by atoms with Crippen LogP contribution in [0.25, 0.3) is 11.1 Å². The maximum Gasteiger partial charge on any atom is 0.321 e. The number of hydrogen-bond donors (Lipinski definition) is 2. The Kier molecular flexibility index (Phi) is 5.44. The van der Waals surface area contributed by atoms with Gasteiger partial charge in [0.25, 0.3) is 0 Å². The van der Waals surface area contributed by atoms with Crippen LogP contribution in [0.4, 0.5) is 14.9 Å². The van der Waals surface area contributed by atoms with Crippen LogP contribution in [0.2, 0.25) is 0 Å². The fourth-order valence-electron chi connectivity index (χ4n) is 3.59. The first-order valence-corrected chi connectivity index (χ1v) is 9.15. The third kappa shape index (κ3) is 4.10. The second kappa shape index (κ2) is 7.78. The van der Waals surface area contributed by atoms with Crippen LogP contribution in [0.5, 0.6) is 0 Å². The van der Waals surface area contributed by atoms with Gasteiger partial charge in [-0.25, -0.2) is 9.18 Å². The van der Waals surface area contributed by atoms with Crippen LogP contribution in [0.3, 0.4) is 0 Å². The third-order valence-corrected chi connectivity index (χ3v) is 5.35. The highest BCUT2D eigenvalue weighted by Crippen LogP contribution is 2.33. The van der Waals surface area contributed by atoms with Gasteiger partial charge in [-0.05, 0) is 54.7 Å². The van der Waals surface area contributed by atoms with E-state index in [9.17, 15) is 14.0 Å². The van der Waals surface area contributed by atoms with Crippen LogP contribution in [0.15, 0.2) is 48.5 Å². The number of primary amides is 1. The fourth-order valence-corrected chi connectivity index (χ4v) is 3.59. The van der Waals surface area contributed by atoms with E-state index in [4.69, 9.17) is 5.73 Å². The summed E-state index contributed by atoms with van der Waals surface area (Å²) in [6.07, 6.45) is 2.08. The molecular formula is C21H24FN3O2. The molecule has 1 aliphatic rings. The maximum absolute atomic E-state index is 13.1. The molecule has 0 aromatic heterocycles. The van der Waals surface area contributed by atoms with E-state index in [1.807, 2.05) is 25.1 Å². The normalized spacial score (nSPS) is 19.6. The monoisotopic (exact) mass is 369 g/mol. The van der Waals surface area contributed by atoms with Gasteiger partial charge in [0.2, 0.25) is 5.91 Å². The number of carbonyl (C=O) groups is 2. The van der Waals surface area contributed by atoms with E-state index < -0.39 is 5.41 Å². The van der Waals surface area contributed by atoms with Gasteiger partial charge >= 0.3 is 6.03 Å². The Labute approximate surface area is 158 Å². The molecule has 142 valence electrons. The van der Waals surface area contributed by atoms with Gasteiger partial charge < -0.3 is 16.0 Å². The number of nitrogens with zero attached hydrogens (tertiary/aromatic N) is 1. The third-order valence-electron chi connectivity index (χ3n) is 5.35. The lowest BCUT2D eigenvalue weighted by molar-refractivity contribution is -0.130. The summed E-state index contributed by atoms with van der Waals surface area (Å²) in [5, 5.41) is 2.89. The Morgan fingerprint density at radius 2 is 1.93 bits per heavy atom. The first-order valence-electron chi connectivity index (χ1n) is 9.15. The number of nitrogens with one attached hydrogen (secondary N) is 1. The Bertz CT molecular complexity index is 838. The summed E-state index contributed by atoms with van der Waals surface area (Å²) in [5.74, 6) is -0.636. The quantitative estimate of drug-likeness (QED) is 0.855. The summed E-state index contributed by atoms with van der Waals surface area (Å²) in [6, 6.07) is 13.3. The smallest absolute Gasteiger partial charge is 0.321 e. The second-order valence-corrected chi connectivity index (χ2v) is 7.04. The number of nitrogens with two attached hydrogens (primary N) is 1. The lowest BCUT2D eigenvalue weighted by Gasteiger charge is -2.40. The number of likely N-dealkylation sites (tertiary alicyclic amines) is 1. The minimum Gasteiger partial charge on any atom is -0.369 e. The van der Waals surface area contributed by atoms with Gasteiger partial charge in [-0.3, -0.25) is 4.79 Å². The van der Waals surface area contributed by atoms with E-state index in [0.29, 0.717) is 31.6 Å². The van der Waals surface area contributed by atoms with Gasteiger partial charge in [0.05, 0.1) is 5.41 Å². The number of hydrogen-bond acceptors (Lipinski definition) is 2. The minimum absolute atomic E-state index is 0.245. The molecule has 1 aliphatic heterocycles. The van der Waals surface area contributed by atoms with E-state index in [1.54, 1.807) is 23.1 Å². The number of urea groups is 1. The summed E-state index contributed by atoms with van der Waals surface area (Å²) in [7, 11) is 0. The Balaban J connectivity index is 1.73. The zero-order chi connectivity index (χ0) is 19.4. The number of carbonyl (C=O) groups excluding carboxylic acids is 2.